The molecule has 2 saturated heterocycles. The zero-order valence-corrected chi connectivity index (χ0v) is 12.8. The summed E-state index contributed by atoms with van der Waals surface area (Å²) < 4.78 is 0. The second kappa shape index (κ2) is 6.30. The third-order valence-electron chi connectivity index (χ3n) is 4.49. The minimum Gasteiger partial charge on any atom is -0.336 e. The molecule has 0 saturated carbocycles. The average molecular weight is 309 g/mol. The molecule has 3 rings (SSSR count). The molecule has 0 radical (unpaired) electrons. The number of halogens is 1. The standard InChI is InChI=1S/C15H21ClN4O/c16-11-1-2-14(18-9-11)15(21)20-8-5-13(10-20)19-6-3-12(17)4-7-19/h1-2,9,12-13H,3-8,10,17H2. The first kappa shape index (κ1) is 14.8. The van der Waals surface area contributed by atoms with Crippen molar-refractivity contribution in [1.29, 1.82) is 0 Å². The van der Waals surface area contributed by atoms with Crippen LogP contribution in [0.1, 0.15) is 29.8 Å². The van der Waals surface area contributed by atoms with Gasteiger partial charge in [-0.25, -0.2) is 4.98 Å². The van der Waals surface area contributed by atoms with Crippen LogP contribution < -0.4 is 5.73 Å². The normalized spacial score (nSPS) is 24.5. The largest absolute Gasteiger partial charge is 0.336 e. The Balaban J connectivity index is 1.59. The Morgan fingerprint density at radius 2 is 2.00 bits per heavy atom. The average Bonchev–Trinajstić information content (AvgIpc) is 2.98. The predicted molar refractivity (Wildman–Crippen MR) is 82.3 cm³/mol. The Morgan fingerprint density at radius 1 is 1.24 bits per heavy atom. The molecule has 2 aliphatic heterocycles. The quantitative estimate of drug-likeness (QED) is 0.896. The zero-order valence-electron chi connectivity index (χ0n) is 12.0. The Hall–Kier alpha value is -1.17. The fourth-order valence-electron chi connectivity index (χ4n) is 3.17. The van der Waals surface area contributed by atoms with Gasteiger partial charge in [0.25, 0.3) is 5.91 Å². The maximum Gasteiger partial charge on any atom is 0.272 e. The number of rotatable bonds is 2. The van der Waals surface area contributed by atoms with Gasteiger partial charge in [-0.3, -0.25) is 9.69 Å². The number of hydrogen-bond acceptors (Lipinski definition) is 4. The molecule has 0 bridgehead atoms. The highest BCUT2D eigenvalue weighted by atomic mass is 35.5. The van der Waals surface area contributed by atoms with Gasteiger partial charge in [0, 0.05) is 31.4 Å². The number of amides is 1. The van der Waals surface area contributed by atoms with Crippen LogP contribution in [0.15, 0.2) is 18.3 Å². The lowest BCUT2D eigenvalue weighted by molar-refractivity contribution is 0.0764. The van der Waals surface area contributed by atoms with Crippen molar-refractivity contribution in [3.63, 3.8) is 0 Å². The summed E-state index contributed by atoms with van der Waals surface area (Å²) in [4.78, 5) is 20.9. The van der Waals surface area contributed by atoms with Gasteiger partial charge in [0.2, 0.25) is 0 Å². The van der Waals surface area contributed by atoms with Crippen LogP contribution in [0.25, 0.3) is 0 Å². The van der Waals surface area contributed by atoms with E-state index in [2.05, 4.69) is 9.88 Å². The van der Waals surface area contributed by atoms with Gasteiger partial charge in [0.05, 0.1) is 5.02 Å². The van der Waals surface area contributed by atoms with Crippen LogP contribution in [0.2, 0.25) is 5.02 Å². The number of nitrogens with zero attached hydrogens (tertiary/aromatic N) is 3. The first-order valence-electron chi connectivity index (χ1n) is 7.54. The molecule has 2 fully saturated rings. The number of pyridine rings is 1. The zero-order chi connectivity index (χ0) is 14.8. The number of aromatic nitrogens is 1. The molecule has 1 aromatic heterocycles. The van der Waals surface area contributed by atoms with E-state index in [1.54, 1.807) is 12.1 Å². The third-order valence-corrected chi connectivity index (χ3v) is 4.71. The van der Waals surface area contributed by atoms with Crippen LogP contribution in [0.4, 0.5) is 0 Å². The first-order valence-corrected chi connectivity index (χ1v) is 7.92. The maximum atomic E-state index is 12.4. The van der Waals surface area contributed by atoms with E-state index in [9.17, 15) is 4.79 Å². The van der Waals surface area contributed by atoms with Gasteiger partial charge in [0.1, 0.15) is 5.69 Å². The lowest BCUT2D eigenvalue weighted by Gasteiger charge is -2.34. The summed E-state index contributed by atoms with van der Waals surface area (Å²) in [6.07, 6.45) is 4.68. The lowest BCUT2D eigenvalue weighted by Crippen LogP contribution is -2.46. The summed E-state index contributed by atoms with van der Waals surface area (Å²) in [5, 5.41) is 0.551. The number of piperidine rings is 1. The van der Waals surface area contributed by atoms with Crippen molar-refractivity contribution in [2.45, 2.75) is 31.3 Å². The molecular formula is C15H21ClN4O. The highest BCUT2D eigenvalue weighted by Gasteiger charge is 2.32. The topological polar surface area (TPSA) is 62.5 Å². The van der Waals surface area contributed by atoms with Crippen molar-refractivity contribution in [2.75, 3.05) is 26.2 Å². The number of carbonyl (C=O) groups excluding carboxylic acids is 1. The van der Waals surface area contributed by atoms with Crippen LogP contribution in [-0.2, 0) is 0 Å². The van der Waals surface area contributed by atoms with Crippen LogP contribution in [0, 0.1) is 0 Å². The van der Waals surface area contributed by atoms with Gasteiger partial charge in [-0.15, -0.1) is 0 Å². The van der Waals surface area contributed by atoms with Crippen LogP contribution in [0.3, 0.4) is 0 Å². The molecule has 0 spiro atoms. The Labute approximate surface area is 130 Å². The van der Waals surface area contributed by atoms with E-state index >= 15 is 0 Å². The van der Waals surface area contributed by atoms with Crippen LogP contribution >= 0.6 is 11.6 Å². The third kappa shape index (κ3) is 3.36. The van der Waals surface area contributed by atoms with Crippen molar-refractivity contribution in [1.82, 2.24) is 14.8 Å². The lowest BCUT2D eigenvalue weighted by atomic mass is 10.0. The minimum absolute atomic E-state index is 0.00266. The fraction of sp³-hybridized carbons (Fsp3) is 0.600. The first-order chi connectivity index (χ1) is 10.1. The second-order valence-corrected chi connectivity index (χ2v) is 6.37. The van der Waals surface area contributed by atoms with E-state index in [-0.39, 0.29) is 5.91 Å². The maximum absolute atomic E-state index is 12.4. The summed E-state index contributed by atoms with van der Waals surface area (Å²) in [5.41, 5.74) is 6.42. The van der Waals surface area contributed by atoms with Crippen LogP contribution in [0.5, 0.6) is 0 Å². The predicted octanol–water partition coefficient (Wildman–Crippen LogP) is 1.37. The molecule has 0 aromatic carbocycles. The van der Waals surface area contributed by atoms with E-state index in [1.807, 2.05) is 4.90 Å². The number of nitrogens with two attached hydrogens (primary N) is 1. The minimum atomic E-state index is 0.00266. The molecule has 6 heteroatoms. The summed E-state index contributed by atoms with van der Waals surface area (Å²) in [6.45, 7) is 3.69. The summed E-state index contributed by atoms with van der Waals surface area (Å²) >= 11 is 5.81. The van der Waals surface area contributed by atoms with E-state index in [4.69, 9.17) is 17.3 Å². The Morgan fingerprint density at radius 3 is 2.67 bits per heavy atom. The number of likely N-dealkylation sites (tertiary alicyclic amines) is 2. The molecule has 21 heavy (non-hydrogen) atoms. The molecule has 114 valence electrons. The SMILES string of the molecule is NC1CCN(C2CCN(C(=O)c3ccc(Cl)cn3)C2)CC1. The smallest absolute Gasteiger partial charge is 0.272 e. The van der Waals surface area contributed by atoms with Crippen molar-refractivity contribution in [2.24, 2.45) is 5.73 Å². The highest BCUT2D eigenvalue weighted by molar-refractivity contribution is 6.30. The summed E-state index contributed by atoms with van der Waals surface area (Å²) in [7, 11) is 0. The van der Waals surface area contributed by atoms with Gasteiger partial charge in [0.15, 0.2) is 0 Å². The monoisotopic (exact) mass is 308 g/mol. The van der Waals surface area contributed by atoms with Crippen molar-refractivity contribution < 1.29 is 4.79 Å². The number of carbonyl (C=O) groups is 1. The van der Waals surface area contributed by atoms with Gasteiger partial charge >= 0.3 is 0 Å². The van der Waals surface area contributed by atoms with E-state index in [0.29, 0.717) is 22.8 Å². The van der Waals surface area contributed by atoms with Crippen molar-refractivity contribution >= 4 is 17.5 Å². The van der Waals surface area contributed by atoms with Crippen molar-refractivity contribution in [3.8, 4) is 0 Å². The summed E-state index contributed by atoms with van der Waals surface area (Å²) in [5.74, 6) is 0.00266. The van der Waals surface area contributed by atoms with Gasteiger partial charge in [-0.1, -0.05) is 11.6 Å². The Kier molecular flexibility index (Phi) is 4.42. The van der Waals surface area contributed by atoms with E-state index in [1.165, 1.54) is 6.20 Å². The van der Waals surface area contributed by atoms with E-state index in [0.717, 1.165) is 45.4 Å². The van der Waals surface area contributed by atoms with Gasteiger partial charge < -0.3 is 10.6 Å². The number of hydrogen-bond donors (Lipinski definition) is 1. The van der Waals surface area contributed by atoms with Crippen LogP contribution in [-0.4, -0.2) is 59.0 Å². The molecular weight excluding hydrogens is 288 g/mol. The van der Waals surface area contributed by atoms with Gasteiger partial charge in [-0.05, 0) is 44.5 Å². The molecule has 2 aliphatic rings. The fourth-order valence-corrected chi connectivity index (χ4v) is 3.29. The molecule has 1 aromatic rings. The Bertz CT molecular complexity index is 499. The van der Waals surface area contributed by atoms with Gasteiger partial charge in [-0.2, -0.15) is 0 Å². The molecule has 0 aliphatic carbocycles. The molecule has 3 heterocycles. The molecule has 2 N–H and O–H groups in total. The van der Waals surface area contributed by atoms with E-state index < -0.39 is 0 Å². The highest BCUT2D eigenvalue weighted by Crippen LogP contribution is 2.21. The molecule has 5 nitrogen and oxygen atoms in total. The summed E-state index contributed by atoms with van der Waals surface area (Å²) in [6, 6.07) is 4.21. The molecule has 1 atom stereocenters. The second-order valence-electron chi connectivity index (χ2n) is 5.93. The molecule has 1 amide bonds. The van der Waals surface area contributed by atoms with Crippen molar-refractivity contribution in [3.05, 3.63) is 29.0 Å². The molecule has 1 unspecified atom stereocenters.